The van der Waals surface area contributed by atoms with Crippen LogP contribution in [0, 0.1) is 5.39 Å². The Morgan fingerprint density at radius 1 is 1.06 bits per heavy atom. The van der Waals surface area contributed by atoms with Crippen LogP contribution >= 0.6 is 0 Å². The molecular formula is C8H11F6N3Sb+. The molecule has 1 rings (SSSR count). The fourth-order valence-corrected chi connectivity index (χ4v) is 0.927. The second-order valence-corrected chi connectivity index (χ2v) is 8.91. The van der Waals surface area contributed by atoms with Crippen molar-refractivity contribution in [2.75, 3.05) is 19.0 Å². The molecule has 0 heterocycles. The fourth-order valence-electron chi connectivity index (χ4n) is 0.927. The number of anilines is 1. The minimum absolute atomic E-state index is 0. The molecule has 0 aliphatic carbocycles. The number of rotatable bonds is 1. The van der Waals surface area contributed by atoms with Crippen LogP contribution in [0.3, 0.4) is 0 Å². The Hall–Kier alpha value is -1.16. The van der Waals surface area contributed by atoms with Crippen LogP contribution in [0.4, 0.5) is 28.3 Å². The fraction of sp³-hybridized carbons (Fsp3) is 0.250. The van der Waals surface area contributed by atoms with Crippen molar-refractivity contribution in [2.45, 2.75) is 0 Å². The first-order valence-electron chi connectivity index (χ1n) is 4.38. The Kier molecular flexibility index (Phi) is 4.21. The van der Waals surface area contributed by atoms with Crippen molar-refractivity contribution < 1.29 is 18.3 Å². The molecule has 0 saturated heterocycles. The molecule has 18 heavy (non-hydrogen) atoms. The predicted molar refractivity (Wildman–Crippen MR) is 59.0 cm³/mol. The van der Waals surface area contributed by atoms with Gasteiger partial charge in [0, 0.05) is 20.2 Å². The maximum absolute atomic E-state index is 11.2. The molecule has 104 valence electrons. The molecule has 1 aromatic rings. The zero-order valence-electron chi connectivity index (χ0n) is 10.4. The van der Waals surface area contributed by atoms with Crippen LogP contribution in [0.25, 0.3) is 4.98 Å². The topological polar surface area (TPSA) is 31.4 Å². The van der Waals surface area contributed by atoms with E-state index in [0.717, 1.165) is 5.69 Å². The molecular weight excluding hydrogens is 374 g/mol. The van der Waals surface area contributed by atoms with Crippen LogP contribution in [0.2, 0.25) is 0 Å². The Bertz CT molecular complexity index is 455. The molecule has 0 aliphatic heterocycles. The molecule has 0 unspecified atom stereocenters. The average Bonchev–Trinajstić information content (AvgIpc) is 2.12. The van der Waals surface area contributed by atoms with Crippen molar-refractivity contribution in [3.63, 3.8) is 0 Å². The largest absolute Gasteiger partial charge is 1.00 e. The zero-order chi connectivity index (χ0) is 14.7. The Morgan fingerprint density at radius 3 is 1.72 bits per heavy atom. The van der Waals surface area contributed by atoms with Gasteiger partial charge in [0.15, 0.2) is 4.98 Å². The van der Waals surface area contributed by atoms with Crippen molar-refractivity contribution in [1.82, 2.24) is 0 Å². The number of para-hydroxylation sites is 1. The van der Waals surface area contributed by atoms with E-state index < -0.39 is 19.5 Å². The molecule has 0 bridgehead atoms. The quantitative estimate of drug-likeness (QED) is 0.406. The second-order valence-electron chi connectivity index (χ2n) is 3.44. The van der Waals surface area contributed by atoms with E-state index in [9.17, 15) is 16.9 Å². The van der Waals surface area contributed by atoms with Gasteiger partial charge < -0.3 is 4.90 Å². The molecule has 0 aromatic heterocycles. The normalized spacial score (nSPS) is 14.4. The van der Waals surface area contributed by atoms with E-state index in [0.29, 0.717) is 5.69 Å². The number of halogens is 6. The number of nitrogens with zero attached hydrogens (tertiary/aromatic N) is 3. The first-order valence-corrected chi connectivity index (χ1v) is 10.2. The van der Waals surface area contributed by atoms with E-state index in [1.54, 1.807) is 6.07 Å². The van der Waals surface area contributed by atoms with Crippen molar-refractivity contribution in [3.05, 3.63) is 29.2 Å². The van der Waals surface area contributed by atoms with Crippen molar-refractivity contribution in [1.29, 1.82) is 5.39 Å². The molecule has 0 radical (unpaired) electrons. The molecule has 0 aliphatic rings. The molecule has 0 spiro atoms. The van der Waals surface area contributed by atoms with Crippen molar-refractivity contribution >= 4 is 30.8 Å². The van der Waals surface area contributed by atoms with Gasteiger partial charge in [-0.15, -0.1) is 0 Å². The van der Waals surface area contributed by atoms with Crippen LogP contribution in [-0.4, -0.2) is 33.6 Å². The van der Waals surface area contributed by atoms with Gasteiger partial charge in [0.2, 0.25) is 5.39 Å². The summed E-state index contributed by atoms with van der Waals surface area (Å²) < 4.78 is 59.6. The molecule has 10 heteroatoms. The van der Waals surface area contributed by atoms with Gasteiger partial charge in [-0.3, -0.25) is 0 Å². The third kappa shape index (κ3) is 11.3. The predicted octanol–water partition coefficient (Wildman–Crippen LogP) is 4.49. The van der Waals surface area contributed by atoms with E-state index in [1.807, 2.05) is 37.2 Å². The van der Waals surface area contributed by atoms with Gasteiger partial charge in [-0.1, -0.05) is 12.1 Å². The van der Waals surface area contributed by atoms with E-state index in [2.05, 4.69) is 4.98 Å². The number of hydrogen-bond acceptors (Lipinski definition) is 2. The van der Waals surface area contributed by atoms with E-state index in [-0.39, 0.29) is 1.43 Å². The van der Waals surface area contributed by atoms with Crippen LogP contribution in [0.1, 0.15) is 1.43 Å². The minimum Gasteiger partial charge on any atom is 1.00 e. The standard InChI is InChI=1S/C8H10N3.6FH.Sb/c1-11(2)8-6-4-3-5-7(8)10-9;;;;;;;/h3-6H,1-2H3;6*1H;/q+1;;;;;;;+5/p-5. The minimum atomic E-state index is -11.2. The maximum Gasteiger partial charge on any atom is 1.00 e. The van der Waals surface area contributed by atoms with Crippen molar-refractivity contribution in [2.24, 2.45) is 0 Å². The van der Waals surface area contributed by atoms with Crippen LogP contribution < -0.4 is 4.90 Å². The summed E-state index contributed by atoms with van der Waals surface area (Å²) in [6.45, 7) is 0. The summed E-state index contributed by atoms with van der Waals surface area (Å²) in [7, 11) is 3.81. The summed E-state index contributed by atoms with van der Waals surface area (Å²) in [6.07, 6.45) is 0. The summed E-state index contributed by atoms with van der Waals surface area (Å²) in [5.74, 6) is 0. The number of benzene rings is 1. The summed E-state index contributed by atoms with van der Waals surface area (Å²) in [5, 5.41) is 8.57. The molecule has 1 aromatic carbocycles. The first kappa shape index (κ1) is 16.8. The molecule has 0 saturated carbocycles. The van der Waals surface area contributed by atoms with E-state index in [1.165, 1.54) is 0 Å². The van der Waals surface area contributed by atoms with Crippen LogP contribution in [0.15, 0.2) is 24.3 Å². The van der Waals surface area contributed by atoms with E-state index in [4.69, 9.17) is 5.39 Å². The van der Waals surface area contributed by atoms with Gasteiger partial charge in [0.25, 0.3) is 0 Å². The summed E-state index contributed by atoms with van der Waals surface area (Å²) in [5.41, 5.74) is 1.51. The van der Waals surface area contributed by atoms with E-state index >= 15 is 0 Å². The third-order valence-electron chi connectivity index (χ3n) is 1.47. The van der Waals surface area contributed by atoms with Gasteiger partial charge in [-0.2, -0.15) is 0 Å². The summed E-state index contributed by atoms with van der Waals surface area (Å²) in [6, 6.07) is 7.40. The van der Waals surface area contributed by atoms with Gasteiger partial charge >= 0.3 is 43.5 Å². The molecule has 0 fully saturated rings. The molecule has 0 amide bonds. The van der Waals surface area contributed by atoms with Gasteiger partial charge in [0.05, 0.1) is 0 Å². The number of hydrogen-bond donors (Lipinski definition) is 0. The smallest absolute Gasteiger partial charge is 1.00 e. The second kappa shape index (κ2) is 4.50. The Balaban J connectivity index is 0. The van der Waals surface area contributed by atoms with Crippen molar-refractivity contribution in [3.8, 4) is 0 Å². The average molecular weight is 385 g/mol. The van der Waals surface area contributed by atoms with Gasteiger partial charge in [0.1, 0.15) is 5.69 Å². The van der Waals surface area contributed by atoms with Crippen LogP contribution in [-0.2, 0) is 0 Å². The Labute approximate surface area is 103 Å². The number of diazo groups is 1. The zero-order valence-corrected chi connectivity index (χ0v) is 11.9. The summed E-state index contributed by atoms with van der Waals surface area (Å²) in [4.78, 5) is 5.05. The summed E-state index contributed by atoms with van der Waals surface area (Å²) >= 11 is -11.2. The van der Waals surface area contributed by atoms with Gasteiger partial charge in [-0.05, 0) is 6.07 Å². The Morgan fingerprint density at radius 2 is 1.44 bits per heavy atom. The molecule has 3 nitrogen and oxygen atoms in total. The first-order chi connectivity index (χ1) is 7.70. The van der Waals surface area contributed by atoms with Crippen LogP contribution in [0.5, 0.6) is 0 Å². The molecule has 0 N–H and O–H groups in total. The monoisotopic (exact) mass is 384 g/mol. The SMILES string of the molecule is CN(C)c1ccccc1[N+]#N.[F][Sb-]([F])([F])([F])([F])[F].[H+]. The molecule has 0 atom stereocenters. The third-order valence-corrected chi connectivity index (χ3v) is 1.47. The maximum atomic E-state index is 9.93. The van der Waals surface area contributed by atoms with Gasteiger partial charge in [-0.25, -0.2) is 0 Å².